The summed E-state index contributed by atoms with van der Waals surface area (Å²) in [5, 5.41) is 9.00. The molecule has 136 valence electrons. The van der Waals surface area contributed by atoms with Gasteiger partial charge in [-0.05, 0) is 79.2 Å². The highest BCUT2D eigenvalue weighted by Gasteiger charge is 2.21. The average molecular weight is 348 g/mol. The molecule has 2 aromatic rings. The highest BCUT2D eigenvalue weighted by molar-refractivity contribution is 5.88. The lowest BCUT2D eigenvalue weighted by Gasteiger charge is -2.29. The maximum Gasteiger partial charge on any atom is 0.335 e. The van der Waals surface area contributed by atoms with Crippen LogP contribution < -0.4 is 0 Å². The number of hydrogen-bond acceptors (Lipinski definition) is 1. The molecule has 0 bridgehead atoms. The molecule has 0 unspecified atom stereocenters. The van der Waals surface area contributed by atoms with Crippen molar-refractivity contribution in [1.82, 2.24) is 0 Å². The zero-order valence-corrected chi connectivity index (χ0v) is 15.4. The number of carboxylic acids is 1. The van der Waals surface area contributed by atoms with E-state index in [1.807, 2.05) is 18.2 Å². The lowest BCUT2D eigenvalue weighted by Crippen LogP contribution is -2.13. The minimum atomic E-state index is -0.882. The van der Waals surface area contributed by atoms with Gasteiger partial charge in [-0.3, -0.25) is 0 Å². The molecule has 1 saturated carbocycles. The first-order chi connectivity index (χ1) is 12.7. The van der Waals surface area contributed by atoms with E-state index in [2.05, 4.69) is 30.8 Å². The number of unbranched alkanes of at least 4 members (excludes halogenated alkanes) is 1. The topological polar surface area (TPSA) is 37.3 Å². The Morgan fingerprint density at radius 1 is 0.962 bits per heavy atom. The van der Waals surface area contributed by atoms with E-state index in [1.165, 1.54) is 44.1 Å². The Morgan fingerprint density at radius 3 is 2.08 bits per heavy atom. The predicted molar refractivity (Wildman–Crippen MR) is 108 cm³/mol. The lowest BCUT2D eigenvalue weighted by atomic mass is 9.77. The van der Waals surface area contributed by atoms with Gasteiger partial charge in [0, 0.05) is 0 Å². The summed E-state index contributed by atoms with van der Waals surface area (Å²) in [5.74, 6) is 0.708. The van der Waals surface area contributed by atoms with Crippen LogP contribution in [0.3, 0.4) is 0 Å². The smallest absolute Gasteiger partial charge is 0.335 e. The number of allylic oxidation sites excluding steroid dienone is 1. The summed E-state index contributed by atoms with van der Waals surface area (Å²) >= 11 is 0. The van der Waals surface area contributed by atoms with Crippen LogP contribution in [0.2, 0.25) is 0 Å². The summed E-state index contributed by atoms with van der Waals surface area (Å²) in [7, 11) is 0. The van der Waals surface area contributed by atoms with Gasteiger partial charge in [0.2, 0.25) is 0 Å². The van der Waals surface area contributed by atoms with Gasteiger partial charge in [-0.2, -0.15) is 0 Å². The van der Waals surface area contributed by atoms with E-state index in [1.54, 1.807) is 12.1 Å². The van der Waals surface area contributed by atoms with Crippen LogP contribution in [0.4, 0.5) is 0 Å². The Morgan fingerprint density at radius 2 is 1.54 bits per heavy atom. The summed E-state index contributed by atoms with van der Waals surface area (Å²) < 4.78 is 0. The van der Waals surface area contributed by atoms with Crippen LogP contribution in [0.1, 0.15) is 66.8 Å². The van der Waals surface area contributed by atoms with Gasteiger partial charge in [0.25, 0.3) is 0 Å². The van der Waals surface area contributed by atoms with Crippen LogP contribution in [-0.4, -0.2) is 11.1 Å². The molecule has 26 heavy (non-hydrogen) atoms. The van der Waals surface area contributed by atoms with E-state index in [0.29, 0.717) is 11.5 Å². The van der Waals surface area contributed by atoms with E-state index >= 15 is 0 Å². The molecule has 1 aliphatic carbocycles. The zero-order valence-electron chi connectivity index (χ0n) is 15.4. The molecule has 0 atom stereocenters. The molecule has 3 rings (SSSR count). The number of rotatable bonds is 7. The Balaban J connectivity index is 1.58. The molecular weight excluding hydrogens is 320 g/mol. The summed E-state index contributed by atoms with van der Waals surface area (Å²) in [6.45, 7) is 3.81. The van der Waals surface area contributed by atoms with Gasteiger partial charge >= 0.3 is 5.97 Å². The zero-order chi connectivity index (χ0) is 18.4. The van der Waals surface area contributed by atoms with Crippen molar-refractivity contribution in [3.63, 3.8) is 0 Å². The number of carboxylic acid groups (broad SMARTS) is 1. The quantitative estimate of drug-likeness (QED) is 0.447. The first kappa shape index (κ1) is 18.4. The number of benzene rings is 2. The first-order valence-corrected chi connectivity index (χ1v) is 9.72. The van der Waals surface area contributed by atoms with Gasteiger partial charge in [-0.25, -0.2) is 4.79 Å². The molecule has 0 aromatic heterocycles. The summed E-state index contributed by atoms with van der Waals surface area (Å²) in [5.41, 5.74) is 3.98. The fourth-order valence-electron chi connectivity index (χ4n) is 4.09. The fraction of sp³-hybridized carbons (Fsp3) is 0.375. The molecule has 2 nitrogen and oxygen atoms in total. The molecule has 0 saturated heterocycles. The molecule has 0 aliphatic heterocycles. The maximum absolute atomic E-state index is 11.0. The van der Waals surface area contributed by atoms with Gasteiger partial charge in [-0.1, -0.05) is 48.9 Å². The summed E-state index contributed by atoms with van der Waals surface area (Å²) in [6, 6.07) is 15.9. The number of aromatic carboxylic acids is 1. The lowest BCUT2D eigenvalue weighted by molar-refractivity contribution is 0.0697. The Hall–Kier alpha value is -2.35. The van der Waals surface area contributed by atoms with E-state index < -0.39 is 5.97 Å². The van der Waals surface area contributed by atoms with Crippen molar-refractivity contribution in [3.05, 3.63) is 72.3 Å². The third kappa shape index (κ3) is 4.63. The summed E-state index contributed by atoms with van der Waals surface area (Å²) in [6.07, 6.45) is 11.1. The second kappa shape index (κ2) is 8.84. The predicted octanol–water partition coefficient (Wildman–Crippen LogP) is 6.68. The molecular formula is C24H28O2. The van der Waals surface area contributed by atoms with Crippen molar-refractivity contribution in [2.45, 2.75) is 50.9 Å². The van der Waals surface area contributed by atoms with Crippen LogP contribution in [0, 0.1) is 5.92 Å². The largest absolute Gasteiger partial charge is 0.478 e. The molecule has 0 amide bonds. The average Bonchev–Trinajstić information content (AvgIpc) is 2.69. The Kier molecular flexibility index (Phi) is 6.27. The number of hydrogen-bond donors (Lipinski definition) is 1. The molecule has 0 spiro atoms. The van der Waals surface area contributed by atoms with Crippen molar-refractivity contribution in [1.29, 1.82) is 0 Å². The van der Waals surface area contributed by atoms with Crippen LogP contribution in [0.25, 0.3) is 11.1 Å². The van der Waals surface area contributed by atoms with E-state index in [0.717, 1.165) is 23.5 Å². The molecule has 0 heterocycles. The van der Waals surface area contributed by atoms with E-state index in [-0.39, 0.29) is 0 Å². The Labute approximate surface area is 156 Å². The minimum Gasteiger partial charge on any atom is -0.478 e. The molecule has 1 N–H and O–H groups in total. The fourth-order valence-corrected chi connectivity index (χ4v) is 4.09. The third-order valence-corrected chi connectivity index (χ3v) is 5.71. The van der Waals surface area contributed by atoms with Gasteiger partial charge in [-0.15, -0.1) is 6.58 Å². The van der Waals surface area contributed by atoms with Gasteiger partial charge in [0.1, 0.15) is 0 Å². The first-order valence-electron chi connectivity index (χ1n) is 9.72. The van der Waals surface area contributed by atoms with Crippen molar-refractivity contribution in [2.75, 3.05) is 0 Å². The van der Waals surface area contributed by atoms with Gasteiger partial charge < -0.3 is 5.11 Å². The molecule has 1 fully saturated rings. The van der Waals surface area contributed by atoms with E-state index in [9.17, 15) is 4.79 Å². The van der Waals surface area contributed by atoms with Crippen molar-refractivity contribution in [2.24, 2.45) is 5.92 Å². The Bertz CT molecular complexity index is 720. The molecule has 2 heteroatoms. The van der Waals surface area contributed by atoms with Crippen LogP contribution in [0.5, 0.6) is 0 Å². The molecule has 1 aliphatic rings. The van der Waals surface area contributed by atoms with Gasteiger partial charge in [0.15, 0.2) is 0 Å². The minimum absolute atomic E-state index is 0.329. The standard InChI is InChI=1S/C24H28O2/c1-2-3-4-5-18-6-8-19(9-7-18)20-10-12-21(13-11-20)22-14-16-23(17-15-22)24(25)26/h2,10-19H,1,3-9H2,(H,25,26). The maximum atomic E-state index is 11.0. The molecule has 0 radical (unpaired) electrons. The van der Waals surface area contributed by atoms with Gasteiger partial charge in [0.05, 0.1) is 5.56 Å². The third-order valence-electron chi connectivity index (χ3n) is 5.71. The highest BCUT2D eigenvalue weighted by atomic mass is 16.4. The highest BCUT2D eigenvalue weighted by Crippen LogP contribution is 2.38. The summed E-state index contributed by atoms with van der Waals surface area (Å²) in [4.78, 5) is 11.0. The van der Waals surface area contributed by atoms with E-state index in [4.69, 9.17) is 5.11 Å². The van der Waals surface area contributed by atoms with Crippen LogP contribution >= 0.6 is 0 Å². The van der Waals surface area contributed by atoms with Crippen molar-refractivity contribution in [3.8, 4) is 11.1 Å². The normalized spacial score (nSPS) is 19.8. The van der Waals surface area contributed by atoms with Crippen molar-refractivity contribution >= 4 is 5.97 Å². The second-order valence-corrected chi connectivity index (χ2v) is 7.44. The second-order valence-electron chi connectivity index (χ2n) is 7.44. The van der Waals surface area contributed by atoms with Crippen molar-refractivity contribution < 1.29 is 9.90 Å². The number of carbonyl (C=O) groups is 1. The SMILES string of the molecule is C=CCCCC1CCC(c2ccc(-c3ccc(C(=O)O)cc3)cc2)CC1. The van der Waals surface area contributed by atoms with Crippen LogP contribution in [-0.2, 0) is 0 Å². The monoisotopic (exact) mass is 348 g/mol. The van der Waals surface area contributed by atoms with Crippen LogP contribution in [0.15, 0.2) is 61.2 Å². The molecule has 2 aromatic carbocycles.